The molecule has 1 amide bonds. The number of amides is 1. The molecule has 0 saturated carbocycles. The average Bonchev–Trinajstić information content (AvgIpc) is 2.55. The smallest absolute Gasteiger partial charge is 0.252 e. The van der Waals surface area contributed by atoms with E-state index in [9.17, 15) is 9.59 Å². The quantitative estimate of drug-likeness (QED) is 0.833. The number of anilines is 1. The molecular formula is C17H23N3O2. The number of carbonyl (C=O) groups excluding carboxylic acids is 1. The molecule has 22 heavy (non-hydrogen) atoms. The topological polar surface area (TPSA) is 45.6 Å². The molecule has 0 radical (unpaired) electrons. The molecule has 1 atom stereocenters. The molecule has 0 bridgehead atoms. The lowest BCUT2D eigenvalue weighted by atomic mass is 9.99. The normalized spacial score (nSPS) is 25.2. The third-order valence-corrected chi connectivity index (χ3v) is 5.31. The van der Waals surface area contributed by atoms with Gasteiger partial charge in [-0.15, -0.1) is 0 Å². The second-order valence-corrected chi connectivity index (χ2v) is 6.74. The fourth-order valence-electron chi connectivity index (χ4n) is 4.18. The van der Waals surface area contributed by atoms with Crippen molar-refractivity contribution in [3.8, 4) is 0 Å². The maximum atomic E-state index is 12.5. The van der Waals surface area contributed by atoms with Crippen LogP contribution in [0.15, 0.2) is 16.9 Å². The number of piperidine rings is 1. The fraction of sp³-hybridized carbons (Fsp3) is 0.647. The summed E-state index contributed by atoms with van der Waals surface area (Å²) in [5.41, 5.74) is 1.20. The highest BCUT2D eigenvalue weighted by Crippen LogP contribution is 2.34. The predicted octanol–water partition coefficient (Wildman–Crippen LogP) is 1.56. The molecule has 0 N–H and O–H groups in total. The number of aryl methyl sites for hydroxylation is 1. The molecule has 1 fully saturated rings. The summed E-state index contributed by atoms with van der Waals surface area (Å²) in [5, 5.41) is 0. The highest BCUT2D eigenvalue weighted by atomic mass is 16.2. The SMILES string of the molecule is O=C1CCc2ccc(=O)n3c2N1CCC3CN1CCCCC1. The first-order valence-corrected chi connectivity index (χ1v) is 8.51. The number of hydrogen-bond acceptors (Lipinski definition) is 3. The van der Waals surface area contributed by atoms with Gasteiger partial charge in [0.25, 0.3) is 5.56 Å². The zero-order valence-corrected chi connectivity index (χ0v) is 13.0. The minimum atomic E-state index is 0.0418. The highest BCUT2D eigenvalue weighted by molar-refractivity contribution is 5.95. The van der Waals surface area contributed by atoms with E-state index in [2.05, 4.69) is 4.90 Å². The number of aromatic nitrogens is 1. The van der Waals surface area contributed by atoms with Crippen molar-refractivity contribution in [1.29, 1.82) is 0 Å². The minimum absolute atomic E-state index is 0.0418. The van der Waals surface area contributed by atoms with Crippen LogP contribution in [0.25, 0.3) is 0 Å². The summed E-state index contributed by atoms with van der Waals surface area (Å²) >= 11 is 0. The molecule has 118 valence electrons. The standard InChI is InChI=1S/C17H23N3O2/c21-15-6-4-13-5-7-16(22)20-14(8-11-19(15)17(13)20)12-18-9-2-1-3-10-18/h5,7,14H,1-4,6,8-12H2. The fourth-order valence-corrected chi connectivity index (χ4v) is 4.18. The molecule has 4 rings (SSSR count). The third-order valence-electron chi connectivity index (χ3n) is 5.31. The van der Waals surface area contributed by atoms with Gasteiger partial charge in [0.15, 0.2) is 0 Å². The van der Waals surface area contributed by atoms with Gasteiger partial charge < -0.3 is 4.90 Å². The van der Waals surface area contributed by atoms with Crippen LogP contribution in [0.2, 0.25) is 0 Å². The van der Waals surface area contributed by atoms with Crippen molar-refractivity contribution in [2.45, 2.75) is 44.6 Å². The Morgan fingerprint density at radius 3 is 2.64 bits per heavy atom. The Balaban J connectivity index is 1.70. The van der Waals surface area contributed by atoms with Gasteiger partial charge in [-0.25, -0.2) is 0 Å². The summed E-state index contributed by atoms with van der Waals surface area (Å²) < 4.78 is 1.91. The Morgan fingerprint density at radius 2 is 1.82 bits per heavy atom. The zero-order chi connectivity index (χ0) is 15.1. The van der Waals surface area contributed by atoms with E-state index in [-0.39, 0.29) is 17.5 Å². The second kappa shape index (κ2) is 5.54. The van der Waals surface area contributed by atoms with Gasteiger partial charge in [0.05, 0.1) is 6.04 Å². The number of rotatable bonds is 2. The van der Waals surface area contributed by atoms with E-state index in [0.717, 1.165) is 50.4 Å². The molecular weight excluding hydrogens is 278 g/mol. The Morgan fingerprint density at radius 1 is 1.00 bits per heavy atom. The second-order valence-electron chi connectivity index (χ2n) is 6.74. The maximum Gasteiger partial charge on any atom is 0.252 e. The largest absolute Gasteiger partial charge is 0.301 e. The van der Waals surface area contributed by atoms with E-state index in [1.165, 1.54) is 19.3 Å². The summed E-state index contributed by atoms with van der Waals surface area (Å²) in [6.45, 7) is 3.98. The lowest BCUT2D eigenvalue weighted by Gasteiger charge is -2.41. The zero-order valence-electron chi connectivity index (χ0n) is 13.0. The Bertz CT molecular complexity index is 646. The van der Waals surface area contributed by atoms with Gasteiger partial charge in [0.1, 0.15) is 5.82 Å². The van der Waals surface area contributed by atoms with Crippen LogP contribution >= 0.6 is 0 Å². The maximum absolute atomic E-state index is 12.5. The molecule has 1 aromatic heterocycles. The molecule has 4 heterocycles. The van der Waals surface area contributed by atoms with Gasteiger partial charge in [-0.05, 0) is 50.4 Å². The summed E-state index contributed by atoms with van der Waals surface area (Å²) in [6, 6.07) is 3.81. The minimum Gasteiger partial charge on any atom is -0.301 e. The Kier molecular flexibility index (Phi) is 3.53. The number of likely N-dealkylation sites (tertiary alicyclic amines) is 1. The van der Waals surface area contributed by atoms with Crippen LogP contribution in [0, 0.1) is 0 Å². The van der Waals surface area contributed by atoms with E-state index in [0.29, 0.717) is 6.42 Å². The van der Waals surface area contributed by atoms with Crippen molar-refractivity contribution in [1.82, 2.24) is 9.47 Å². The van der Waals surface area contributed by atoms with E-state index in [4.69, 9.17) is 0 Å². The van der Waals surface area contributed by atoms with Gasteiger partial charge in [-0.2, -0.15) is 0 Å². The van der Waals surface area contributed by atoms with E-state index in [1.54, 1.807) is 6.07 Å². The van der Waals surface area contributed by atoms with E-state index < -0.39 is 0 Å². The van der Waals surface area contributed by atoms with Crippen molar-refractivity contribution in [2.24, 2.45) is 0 Å². The molecule has 0 aromatic carbocycles. The van der Waals surface area contributed by atoms with Crippen LogP contribution < -0.4 is 10.5 Å². The summed E-state index contributed by atoms with van der Waals surface area (Å²) in [4.78, 5) is 29.0. The highest BCUT2D eigenvalue weighted by Gasteiger charge is 2.34. The van der Waals surface area contributed by atoms with E-state index >= 15 is 0 Å². The molecule has 3 aliphatic heterocycles. The average molecular weight is 301 g/mol. The van der Waals surface area contributed by atoms with Gasteiger partial charge in [-0.1, -0.05) is 6.42 Å². The molecule has 1 saturated heterocycles. The van der Waals surface area contributed by atoms with E-state index in [1.807, 2.05) is 15.5 Å². The van der Waals surface area contributed by atoms with Gasteiger partial charge in [-0.3, -0.25) is 19.1 Å². The predicted molar refractivity (Wildman–Crippen MR) is 85.3 cm³/mol. The molecule has 5 nitrogen and oxygen atoms in total. The van der Waals surface area contributed by atoms with Crippen molar-refractivity contribution in [3.63, 3.8) is 0 Å². The molecule has 3 aliphatic rings. The van der Waals surface area contributed by atoms with Crippen molar-refractivity contribution >= 4 is 11.7 Å². The van der Waals surface area contributed by atoms with Crippen LogP contribution in [0.4, 0.5) is 5.82 Å². The Hall–Kier alpha value is -1.62. The number of hydrogen-bond donors (Lipinski definition) is 0. The van der Waals surface area contributed by atoms with Crippen molar-refractivity contribution in [3.05, 3.63) is 28.0 Å². The molecule has 0 spiro atoms. The van der Waals surface area contributed by atoms with Gasteiger partial charge in [0, 0.05) is 25.6 Å². The first-order chi connectivity index (χ1) is 10.7. The van der Waals surface area contributed by atoms with Crippen LogP contribution in [0.1, 0.15) is 43.7 Å². The van der Waals surface area contributed by atoms with Crippen molar-refractivity contribution < 1.29 is 4.79 Å². The molecule has 1 unspecified atom stereocenters. The molecule has 1 aromatic rings. The summed E-state index contributed by atoms with van der Waals surface area (Å²) in [7, 11) is 0. The summed E-state index contributed by atoms with van der Waals surface area (Å²) in [6.07, 6.45) is 6.07. The molecule has 0 aliphatic carbocycles. The van der Waals surface area contributed by atoms with Crippen LogP contribution in [0.5, 0.6) is 0 Å². The number of pyridine rings is 1. The lowest BCUT2D eigenvalue weighted by molar-refractivity contribution is -0.119. The van der Waals surface area contributed by atoms with Gasteiger partial charge in [0.2, 0.25) is 5.91 Å². The number of nitrogens with zero attached hydrogens (tertiary/aromatic N) is 3. The lowest BCUT2D eigenvalue weighted by Crippen LogP contribution is -2.48. The first-order valence-electron chi connectivity index (χ1n) is 8.51. The van der Waals surface area contributed by atoms with Gasteiger partial charge >= 0.3 is 0 Å². The Labute approximate surface area is 130 Å². The number of carbonyl (C=O) groups is 1. The third kappa shape index (κ3) is 2.28. The monoisotopic (exact) mass is 301 g/mol. The first kappa shape index (κ1) is 14.0. The van der Waals surface area contributed by atoms with Crippen LogP contribution in [0.3, 0.4) is 0 Å². The van der Waals surface area contributed by atoms with Crippen LogP contribution in [-0.4, -0.2) is 41.6 Å². The molecule has 5 heteroatoms. The summed E-state index contributed by atoms with van der Waals surface area (Å²) in [5.74, 6) is 1.06. The van der Waals surface area contributed by atoms with Crippen molar-refractivity contribution in [2.75, 3.05) is 31.1 Å². The van der Waals surface area contributed by atoms with Crippen LogP contribution in [-0.2, 0) is 11.2 Å².